The largest absolute Gasteiger partial charge is 0.338 e. The van der Waals surface area contributed by atoms with E-state index in [-0.39, 0.29) is 5.91 Å². The Morgan fingerprint density at radius 3 is 2.53 bits per heavy atom. The standard InChI is InChI=1S/C24H26N4O2/c1-18-6-9-21(10-7-18)24-25-22(30-26-24)17-27-12-14-28(15-13-27)23(29)11-8-20-5-3-4-19(2)16-20/h3-11,16H,12-15,17H2,1-2H3/b11-8+. The molecule has 154 valence electrons. The highest BCUT2D eigenvalue weighted by molar-refractivity contribution is 5.91. The molecule has 1 aliphatic heterocycles. The van der Waals surface area contributed by atoms with Crippen LogP contribution in [-0.2, 0) is 11.3 Å². The van der Waals surface area contributed by atoms with Crippen LogP contribution in [0.1, 0.15) is 22.6 Å². The minimum Gasteiger partial charge on any atom is -0.338 e. The van der Waals surface area contributed by atoms with E-state index in [4.69, 9.17) is 4.52 Å². The van der Waals surface area contributed by atoms with E-state index in [9.17, 15) is 4.79 Å². The van der Waals surface area contributed by atoms with Gasteiger partial charge in [-0.25, -0.2) is 0 Å². The summed E-state index contributed by atoms with van der Waals surface area (Å²) in [5.41, 5.74) is 4.38. The summed E-state index contributed by atoms with van der Waals surface area (Å²) >= 11 is 0. The zero-order valence-electron chi connectivity index (χ0n) is 17.4. The molecule has 0 unspecified atom stereocenters. The average Bonchev–Trinajstić information content (AvgIpc) is 3.21. The molecule has 30 heavy (non-hydrogen) atoms. The van der Waals surface area contributed by atoms with Crippen molar-refractivity contribution in [1.82, 2.24) is 19.9 Å². The Hall–Kier alpha value is -3.25. The monoisotopic (exact) mass is 402 g/mol. The van der Waals surface area contributed by atoms with E-state index in [1.165, 1.54) is 11.1 Å². The number of aryl methyl sites for hydroxylation is 2. The lowest BCUT2D eigenvalue weighted by Crippen LogP contribution is -2.47. The molecule has 0 saturated carbocycles. The summed E-state index contributed by atoms with van der Waals surface area (Å²) in [6.45, 7) is 7.64. The zero-order chi connectivity index (χ0) is 20.9. The van der Waals surface area contributed by atoms with E-state index < -0.39 is 0 Å². The summed E-state index contributed by atoms with van der Waals surface area (Å²) in [5, 5.41) is 4.10. The van der Waals surface area contributed by atoms with E-state index in [0.717, 1.165) is 24.2 Å². The van der Waals surface area contributed by atoms with Crippen LogP contribution in [0.3, 0.4) is 0 Å². The molecule has 2 heterocycles. The van der Waals surface area contributed by atoms with Gasteiger partial charge in [0.2, 0.25) is 17.6 Å². The van der Waals surface area contributed by atoms with Gasteiger partial charge >= 0.3 is 0 Å². The molecule has 0 bridgehead atoms. The van der Waals surface area contributed by atoms with Crippen molar-refractivity contribution in [2.75, 3.05) is 26.2 Å². The second-order valence-electron chi connectivity index (χ2n) is 7.73. The van der Waals surface area contributed by atoms with Crippen LogP contribution >= 0.6 is 0 Å². The number of benzene rings is 2. The average molecular weight is 402 g/mol. The SMILES string of the molecule is Cc1ccc(-c2noc(CN3CCN(C(=O)/C=C/c4cccc(C)c4)CC3)n2)cc1. The fourth-order valence-electron chi connectivity index (χ4n) is 3.50. The third-order valence-electron chi connectivity index (χ3n) is 5.28. The highest BCUT2D eigenvalue weighted by Crippen LogP contribution is 2.17. The highest BCUT2D eigenvalue weighted by Gasteiger charge is 2.21. The summed E-state index contributed by atoms with van der Waals surface area (Å²) in [5.74, 6) is 1.26. The lowest BCUT2D eigenvalue weighted by Gasteiger charge is -2.33. The first-order valence-corrected chi connectivity index (χ1v) is 10.2. The second kappa shape index (κ2) is 9.05. The summed E-state index contributed by atoms with van der Waals surface area (Å²) in [6.07, 6.45) is 3.54. The number of carbonyl (C=O) groups is 1. The lowest BCUT2D eigenvalue weighted by atomic mass is 10.1. The van der Waals surface area contributed by atoms with Crippen LogP contribution in [0.2, 0.25) is 0 Å². The van der Waals surface area contributed by atoms with Crippen LogP contribution < -0.4 is 0 Å². The van der Waals surface area contributed by atoms with Crippen molar-refractivity contribution in [2.24, 2.45) is 0 Å². The first kappa shape index (κ1) is 20.0. The van der Waals surface area contributed by atoms with Crippen LogP contribution in [0.5, 0.6) is 0 Å². The highest BCUT2D eigenvalue weighted by atomic mass is 16.5. The van der Waals surface area contributed by atoms with Crippen molar-refractivity contribution in [3.8, 4) is 11.4 Å². The van der Waals surface area contributed by atoms with Gasteiger partial charge in [-0.05, 0) is 25.5 Å². The van der Waals surface area contributed by atoms with Gasteiger partial charge in [-0.3, -0.25) is 9.69 Å². The second-order valence-corrected chi connectivity index (χ2v) is 7.73. The van der Waals surface area contributed by atoms with Crippen molar-refractivity contribution in [3.05, 3.63) is 77.2 Å². The molecule has 0 radical (unpaired) electrons. The fourth-order valence-corrected chi connectivity index (χ4v) is 3.50. The molecule has 0 spiro atoms. The van der Waals surface area contributed by atoms with E-state index in [1.54, 1.807) is 6.08 Å². The van der Waals surface area contributed by atoms with E-state index in [0.29, 0.717) is 31.3 Å². The maximum Gasteiger partial charge on any atom is 0.246 e. The predicted molar refractivity (Wildman–Crippen MR) is 117 cm³/mol. The number of rotatable bonds is 5. The number of carbonyl (C=O) groups excluding carboxylic acids is 1. The maximum absolute atomic E-state index is 12.5. The molecule has 1 aliphatic rings. The van der Waals surface area contributed by atoms with Gasteiger partial charge in [0.05, 0.1) is 6.54 Å². The smallest absolute Gasteiger partial charge is 0.246 e. The third kappa shape index (κ3) is 5.02. The Balaban J connectivity index is 1.28. The Morgan fingerprint density at radius 2 is 1.80 bits per heavy atom. The molecule has 0 atom stereocenters. The summed E-state index contributed by atoms with van der Waals surface area (Å²) < 4.78 is 5.43. The van der Waals surface area contributed by atoms with Gasteiger partial charge in [-0.2, -0.15) is 4.98 Å². The van der Waals surface area contributed by atoms with Crippen LogP contribution in [0.4, 0.5) is 0 Å². The molecule has 6 nitrogen and oxygen atoms in total. The molecule has 1 fully saturated rings. The summed E-state index contributed by atoms with van der Waals surface area (Å²) in [6, 6.07) is 16.2. The van der Waals surface area contributed by atoms with Crippen molar-refractivity contribution in [1.29, 1.82) is 0 Å². The van der Waals surface area contributed by atoms with Crippen molar-refractivity contribution >= 4 is 12.0 Å². The van der Waals surface area contributed by atoms with Gasteiger partial charge in [0, 0.05) is 37.8 Å². The predicted octanol–water partition coefficient (Wildman–Crippen LogP) is 3.71. The quantitative estimate of drug-likeness (QED) is 0.609. The van der Waals surface area contributed by atoms with E-state index >= 15 is 0 Å². The third-order valence-corrected chi connectivity index (χ3v) is 5.28. The van der Waals surface area contributed by atoms with E-state index in [2.05, 4.69) is 21.1 Å². The molecule has 3 aromatic rings. The number of hydrogen-bond acceptors (Lipinski definition) is 5. The topological polar surface area (TPSA) is 62.5 Å². The van der Waals surface area contributed by atoms with Crippen molar-refractivity contribution in [2.45, 2.75) is 20.4 Å². The van der Waals surface area contributed by atoms with Gasteiger partial charge in [-0.1, -0.05) is 64.8 Å². The van der Waals surface area contributed by atoms with Crippen LogP contribution in [0.15, 0.2) is 59.1 Å². The number of aromatic nitrogens is 2. The number of hydrogen-bond donors (Lipinski definition) is 0. The molecule has 6 heteroatoms. The first-order valence-electron chi connectivity index (χ1n) is 10.2. The Labute approximate surface area is 176 Å². The summed E-state index contributed by atoms with van der Waals surface area (Å²) in [7, 11) is 0. The number of amides is 1. The zero-order valence-corrected chi connectivity index (χ0v) is 17.4. The minimum atomic E-state index is 0.0515. The molecular weight excluding hydrogens is 376 g/mol. The van der Waals surface area contributed by atoms with Gasteiger partial charge in [0.15, 0.2) is 0 Å². The number of nitrogens with zero attached hydrogens (tertiary/aromatic N) is 4. The molecule has 2 aromatic carbocycles. The normalized spacial score (nSPS) is 15.1. The molecule has 0 aliphatic carbocycles. The fraction of sp³-hybridized carbons (Fsp3) is 0.292. The van der Waals surface area contributed by atoms with Crippen molar-refractivity contribution < 1.29 is 9.32 Å². The summed E-state index contributed by atoms with van der Waals surface area (Å²) in [4.78, 5) is 21.1. The lowest BCUT2D eigenvalue weighted by molar-refractivity contribution is -0.127. The molecule has 0 N–H and O–H groups in total. The number of piperazine rings is 1. The van der Waals surface area contributed by atoms with Gasteiger partial charge in [-0.15, -0.1) is 0 Å². The van der Waals surface area contributed by atoms with Crippen LogP contribution in [-0.4, -0.2) is 52.0 Å². The molecule has 4 rings (SSSR count). The maximum atomic E-state index is 12.5. The first-order chi connectivity index (χ1) is 14.6. The van der Waals surface area contributed by atoms with E-state index in [1.807, 2.05) is 67.3 Å². The molecular formula is C24H26N4O2. The molecule has 1 saturated heterocycles. The molecule has 1 aromatic heterocycles. The molecule has 1 amide bonds. The van der Waals surface area contributed by atoms with Gasteiger partial charge in [0.25, 0.3) is 0 Å². The van der Waals surface area contributed by atoms with Crippen LogP contribution in [0, 0.1) is 13.8 Å². The van der Waals surface area contributed by atoms with Gasteiger partial charge < -0.3 is 9.42 Å². The van der Waals surface area contributed by atoms with Crippen molar-refractivity contribution in [3.63, 3.8) is 0 Å². The Kier molecular flexibility index (Phi) is 6.05. The Morgan fingerprint density at radius 1 is 1.03 bits per heavy atom. The minimum absolute atomic E-state index is 0.0515. The Bertz CT molecular complexity index is 1030. The van der Waals surface area contributed by atoms with Crippen LogP contribution in [0.25, 0.3) is 17.5 Å². The van der Waals surface area contributed by atoms with Gasteiger partial charge in [0.1, 0.15) is 0 Å².